The predicted molar refractivity (Wildman–Crippen MR) is 48.7 cm³/mol. The fourth-order valence-corrected chi connectivity index (χ4v) is 0. The maximum absolute atomic E-state index is 2.12. The van der Waals surface area contributed by atoms with E-state index in [-0.39, 0.29) is 69.8 Å². The Labute approximate surface area is 89.7 Å². The molecule has 0 radical (unpaired) electrons. The quantitative estimate of drug-likeness (QED) is 0.529. The van der Waals surface area contributed by atoms with Crippen LogP contribution < -0.4 is 0 Å². The minimum absolute atomic E-state index is 0. The van der Waals surface area contributed by atoms with E-state index in [9.17, 15) is 0 Å². The summed E-state index contributed by atoms with van der Waals surface area (Å²) in [6, 6.07) is 0. The first-order chi connectivity index (χ1) is 1.41. The van der Waals surface area contributed by atoms with Gasteiger partial charge in [0.25, 0.3) is 0 Å². The zero-order chi connectivity index (χ0) is 2.71. The van der Waals surface area contributed by atoms with Crippen molar-refractivity contribution in [3.05, 3.63) is 22.3 Å². The largest absolute Gasteiger partial charge is 3.00 e. The maximum Gasteiger partial charge on any atom is 3.00 e. The van der Waals surface area contributed by atoms with Crippen LogP contribution in [0.4, 0.5) is 0 Å². The molecule has 0 aromatic carbocycles. The Morgan fingerprint density at radius 3 is 0.778 bits per heavy atom. The molecule has 0 bridgehead atoms. The van der Waals surface area contributed by atoms with E-state index in [1.165, 1.54) is 6.42 Å². The van der Waals surface area contributed by atoms with Gasteiger partial charge in [-0.2, -0.15) is 0 Å². The van der Waals surface area contributed by atoms with Gasteiger partial charge in [0.05, 0.1) is 0 Å². The van der Waals surface area contributed by atoms with E-state index in [0.717, 1.165) is 0 Å². The van der Waals surface area contributed by atoms with Crippen molar-refractivity contribution in [3.63, 3.8) is 0 Å². The molecule has 60 valence electrons. The van der Waals surface area contributed by atoms with Crippen LogP contribution in [0.3, 0.4) is 0 Å². The molecule has 0 nitrogen and oxygen atoms in total. The van der Waals surface area contributed by atoms with Gasteiger partial charge in [-0.15, -0.1) is 0 Å². The summed E-state index contributed by atoms with van der Waals surface area (Å²) in [6.07, 6.45) is 1.25. The molecule has 9 heavy (non-hydrogen) atoms. The van der Waals surface area contributed by atoms with Crippen molar-refractivity contribution < 1.29 is 32.7 Å². The van der Waals surface area contributed by atoms with Crippen LogP contribution in [0.2, 0.25) is 0 Å². The summed E-state index contributed by atoms with van der Waals surface area (Å²) < 4.78 is 0. The van der Waals surface area contributed by atoms with Gasteiger partial charge >= 0.3 is 32.7 Å². The smallest absolute Gasteiger partial charge is 0.358 e. The number of hydrogen-bond donors (Lipinski definition) is 0. The van der Waals surface area contributed by atoms with Crippen LogP contribution in [0, 0.1) is 22.3 Å². The third-order valence-electron chi connectivity index (χ3n) is 0. The standard InChI is InChI=1S/C3H8.2CH4.3CH3.Y/c1-3-2;;;;;;/h3H2,1-2H3;2*1H4;3*1H3;/q;;;3*-1;+3. The molecular weight excluding hydrogens is 185 g/mol. The van der Waals surface area contributed by atoms with Crippen molar-refractivity contribution in [2.75, 3.05) is 0 Å². The van der Waals surface area contributed by atoms with E-state index in [1.807, 2.05) is 0 Å². The molecule has 0 atom stereocenters. The molecule has 0 aromatic rings. The summed E-state index contributed by atoms with van der Waals surface area (Å²) in [5, 5.41) is 0. The molecule has 0 aliphatic rings. The van der Waals surface area contributed by atoms with Crippen LogP contribution in [0.5, 0.6) is 0 Å². The molecule has 0 unspecified atom stereocenters. The monoisotopic (exact) mass is 210 g/mol. The fraction of sp³-hybridized carbons (Fsp3) is 0.625. The molecule has 0 N–H and O–H groups in total. The fourth-order valence-electron chi connectivity index (χ4n) is 0. The van der Waals surface area contributed by atoms with Gasteiger partial charge in [0, 0.05) is 0 Å². The molecular formula is C8H25Y. The molecule has 0 spiro atoms. The minimum atomic E-state index is 0. The van der Waals surface area contributed by atoms with Gasteiger partial charge in [-0.25, -0.2) is 0 Å². The first kappa shape index (κ1) is 86.9. The van der Waals surface area contributed by atoms with Crippen molar-refractivity contribution >= 4 is 0 Å². The van der Waals surface area contributed by atoms with Crippen molar-refractivity contribution in [3.8, 4) is 0 Å². The van der Waals surface area contributed by atoms with Crippen molar-refractivity contribution in [1.29, 1.82) is 0 Å². The molecule has 1 heteroatoms. The Morgan fingerprint density at radius 2 is 0.778 bits per heavy atom. The van der Waals surface area contributed by atoms with Crippen LogP contribution in [0.15, 0.2) is 0 Å². The topological polar surface area (TPSA) is 0 Å². The van der Waals surface area contributed by atoms with Gasteiger partial charge in [0.1, 0.15) is 0 Å². The second kappa shape index (κ2) is 135. The zero-order valence-electron chi connectivity index (χ0n) is 6.28. The predicted octanol–water partition coefficient (Wildman–Crippen LogP) is 4.04. The van der Waals surface area contributed by atoms with E-state index in [0.29, 0.717) is 0 Å². The first-order valence-electron chi connectivity index (χ1n) is 1.41. The van der Waals surface area contributed by atoms with Crippen LogP contribution in [0.25, 0.3) is 0 Å². The summed E-state index contributed by atoms with van der Waals surface area (Å²) in [6.45, 7) is 4.25. The minimum Gasteiger partial charge on any atom is -0.358 e. The van der Waals surface area contributed by atoms with Gasteiger partial charge in [0.2, 0.25) is 0 Å². The second-order valence-corrected chi connectivity index (χ2v) is 0.707. The SMILES string of the molecule is C.C.CCC.[CH3-].[CH3-].[CH3-].[Y+3]. The van der Waals surface area contributed by atoms with Crippen molar-refractivity contribution in [1.82, 2.24) is 0 Å². The summed E-state index contributed by atoms with van der Waals surface area (Å²) >= 11 is 0. The third-order valence-corrected chi connectivity index (χ3v) is 0. The van der Waals surface area contributed by atoms with E-state index in [2.05, 4.69) is 13.8 Å². The van der Waals surface area contributed by atoms with Gasteiger partial charge in [-0.05, 0) is 0 Å². The second-order valence-electron chi connectivity index (χ2n) is 0.707. The Balaban J connectivity index is -0.00000000133. The maximum atomic E-state index is 2.12. The van der Waals surface area contributed by atoms with E-state index >= 15 is 0 Å². The Morgan fingerprint density at radius 1 is 0.778 bits per heavy atom. The summed E-state index contributed by atoms with van der Waals surface area (Å²) in [5.41, 5.74) is 0. The Kier molecular flexibility index (Phi) is 1300. The van der Waals surface area contributed by atoms with Crippen molar-refractivity contribution in [2.24, 2.45) is 0 Å². The molecule has 0 aliphatic heterocycles. The summed E-state index contributed by atoms with van der Waals surface area (Å²) in [4.78, 5) is 0. The molecule has 0 saturated carbocycles. The van der Waals surface area contributed by atoms with Gasteiger partial charge in [-0.1, -0.05) is 35.1 Å². The Bertz CT molecular complexity index is 4.53. The molecule has 0 aromatic heterocycles. The third kappa shape index (κ3) is 377. The van der Waals surface area contributed by atoms with Crippen LogP contribution >= 0.6 is 0 Å². The van der Waals surface area contributed by atoms with Gasteiger partial charge in [0.15, 0.2) is 0 Å². The molecule has 0 amide bonds. The summed E-state index contributed by atoms with van der Waals surface area (Å²) in [7, 11) is 0. The summed E-state index contributed by atoms with van der Waals surface area (Å²) in [5.74, 6) is 0. The number of rotatable bonds is 0. The molecule has 0 fully saturated rings. The Hall–Kier alpha value is 1.10. The number of hydrogen-bond acceptors (Lipinski definition) is 0. The first-order valence-corrected chi connectivity index (χ1v) is 1.41. The van der Waals surface area contributed by atoms with Crippen molar-refractivity contribution in [2.45, 2.75) is 35.1 Å². The van der Waals surface area contributed by atoms with Crippen LogP contribution in [-0.4, -0.2) is 0 Å². The van der Waals surface area contributed by atoms with E-state index < -0.39 is 0 Å². The molecule has 0 aliphatic carbocycles. The van der Waals surface area contributed by atoms with E-state index in [1.54, 1.807) is 0 Å². The molecule has 0 rings (SSSR count). The molecule has 0 heterocycles. The molecule has 0 saturated heterocycles. The zero-order valence-corrected chi connectivity index (χ0v) is 9.12. The normalized spacial score (nSPS) is 2.00. The van der Waals surface area contributed by atoms with Crippen LogP contribution in [-0.2, 0) is 32.7 Å². The van der Waals surface area contributed by atoms with Gasteiger partial charge < -0.3 is 22.3 Å². The van der Waals surface area contributed by atoms with Gasteiger partial charge in [-0.3, -0.25) is 0 Å². The van der Waals surface area contributed by atoms with Crippen LogP contribution in [0.1, 0.15) is 35.1 Å². The average molecular weight is 210 g/mol. The van der Waals surface area contributed by atoms with E-state index in [4.69, 9.17) is 0 Å². The average Bonchev–Trinajstić information content (AvgIpc) is 0.918.